The van der Waals surface area contributed by atoms with Crippen molar-refractivity contribution in [2.45, 2.75) is 23.0 Å². The van der Waals surface area contributed by atoms with E-state index in [1.54, 1.807) is 82.3 Å². The average molecular weight is 732 g/mol. The van der Waals surface area contributed by atoms with Gasteiger partial charge in [0.05, 0.1) is 29.4 Å². The van der Waals surface area contributed by atoms with Gasteiger partial charge in [0.1, 0.15) is 57.8 Å². The van der Waals surface area contributed by atoms with Gasteiger partial charge in [-0.05, 0) is 36.4 Å². The van der Waals surface area contributed by atoms with E-state index in [1.807, 2.05) is 12.1 Å². The van der Waals surface area contributed by atoms with Crippen LogP contribution in [0.25, 0.3) is 34.3 Å². The predicted octanol–water partition coefficient (Wildman–Crippen LogP) is 6.03. The lowest BCUT2D eigenvalue weighted by atomic mass is 10.2. The van der Waals surface area contributed by atoms with Crippen molar-refractivity contribution in [1.82, 2.24) is 44.8 Å². The Bertz CT molecular complexity index is 2530. The van der Waals surface area contributed by atoms with Crippen LogP contribution in [0.2, 0.25) is 0 Å². The molecule has 0 atom stereocenters. The number of nitrogens with one attached hydrogen (secondary N) is 2. The van der Waals surface area contributed by atoms with Crippen LogP contribution in [-0.2, 0) is 13.1 Å². The van der Waals surface area contributed by atoms with E-state index in [0.717, 1.165) is 0 Å². The Morgan fingerprint density at radius 1 is 0.774 bits per heavy atom. The lowest BCUT2D eigenvalue weighted by Crippen LogP contribution is -2.13. The summed E-state index contributed by atoms with van der Waals surface area (Å²) in [6.45, 7) is 0.384. The molecule has 4 N–H and O–H groups in total. The fourth-order valence-electron chi connectivity index (χ4n) is 5.11. The zero-order valence-electron chi connectivity index (χ0n) is 27.4. The molecule has 0 saturated heterocycles. The number of pyridine rings is 1. The third-order valence-electron chi connectivity index (χ3n) is 7.65. The van der Waals surface area contributed by atoms with Gasteiger partial charge in [-0.15, -0.1) is 0 Å². The van der Waals surface area contributed by atoms with E-state index in [0.29, 0.717) is 55.2 Å². The standard InChI is InChI=1S/C22H15FN6O2S.C14H12FN5O/c23-15-6-2-1-5-14(15)13-29-18(16-8-10-31-28-16)11-17(27-29)21-25-12-19(22(30)26-21)32-20-7-3-4-9-24-20;15-10-4-2-1-3-9(10)8-20-13(11-5-6-21-19-11)7-12(18-20)14(16)17/h1-12H,13H2,(H,25,26,30);1-7H,8H2,(H3,16,17). The fourth-order valence-corrected chi connectivity index (χ4v) is 5.84. The van der Waals surface area contributed by atoms with Gasteiger partial charge < -0.3 is 19.8 Å². The highest BCUT2D eigenvalue weighted by atomic mass is 32.2. The van der Waals surface area contributed by atoms with Crippen LogP contribution in [0, 0.1) is 17.0 Å². The molecule has 0 saturated carbocycles. The summed E-state index contributed by atoms with van der Waals surface area (Å²) in [5.41, 5.74) is 9.13. The van der Waals surface area contributed by atoms with Gasteiger partial charge in [0.15, 0.2) is 5.82 Å². The number of nitrogens with zero attached hydrogens (tertiary/aromatic N) is 8. The van der Waals surface area contributed by atoms with Crippen molar-refractivity contribution < 1.29 is 17.8 Å². The number of hydrogen-bond donors (Lipinski definition) is 3. The van der Waals surface area contributed by atoms with Crippen LogP contribution in [0.4, 0.5) is 8.78 Å². The molecule has 8 rings (SSSR count). The summed E-state index contributed by atoms with van der Waals surface area (Å²) >= 11 is 1.22. The molecule has 53 heavy (non-hydrogen) atoms. The maximum Gasteiger partial charge on any atom is 0.265 e. The summed E-state index contributed by atoms with van der Waals surface area (Å²) in [7, 11) is 0. The molecule has 8 aromatic rings. The Morgan fingerprint density at radius 3 is 1.92 bits per heavy atom. The third-order valence-corrected chi connectivity index (χ3v) is 8.62. The van der Waals surface area contributed by atoms with Crippen LogP contribution >= 0.6 is 11.8 Å². The van der Waals surface area contributed by atoms with Crippen molar-refractivity contribution in [3.8, 4) is 34.3 Å². The number of amidine groups is 1. The maximum atomic E-state index is 14.2. The first-order valence-corrected chi connectivity index (χ1v) is 16.6. The quantitative estimate of drug-likeness (QED) is 0.110. The highest BCUT2D eigenvalue weighted by Gasteiger charge is 2.18. The minimum Gasteiger partial charge on any atom is -0.382 e. The van der Waals surface area contributed by atoms with Gasteiger partial charge in [-0.3, -0.25) is 19.6 Å². The van der Waals surface area contributed by atoms with Gasteiger partial charge in [0.2, 0.25) is 0 Å². The summed E-state index contributed by atoms with van der Waals surface area (Å²) in [5.74, 6) is -0.522. The summed E-state index contributed by atoms with van der Waals surface area (Å²) in [6, 6.07) is 25.1. The minimum absolute atomic E-state index is 0.160. The van der Waals surface area contributed by atoms with Gasteiger partial charge in [0.25, 0.3) is 5.56 Å². The number of aromatic amines is 1. The van der Waals surface area contributed by atoms with Crippen molar-refractivity contribution >= 4 is 17.6 Å². The molecule has 6 aromatic heterocycles. The number of rotatable bonds is 10. The molecular weight excluding hydrogens is 705 g/mol. The first-order chi connectivity index (χ1) is 25.8. The van der Waals surface area contributed by atoms with E-state index < -0.39 is 0 Å². The van der Waals surface area contributed by atoms with E-state index in [2.05, 4.69) is 35.5 Å². The van der Waals surface area contributed by atoms with Gasteiger partial charge >= 0.3 is 0 Å². The van der Waals surface area contributed by atoms with Gasteiger partial charge in [-0.25, -0.2) is 18.7 Å². The van der Waals surface area contributed by atoms with Crippen LogP contribution < -0.4 is 11.3 Å². The van der Waals surface area contributed by atoms with Crippen LogP contribution in [0.15, 0.2) is 140 Å². The normalized spacial score (nSPS) is 10.9. The number of hydrogen-bond acceptors (Lipinski definition) is 11. The van der Waals surface area contributed by atoms with Crippen molar-refractivity contribution in [1.29, 1.82) is 5.41 Å². The van der Waals surface area contributed by atoms with Crippen molar-refractivity contribution in [2.24, 2.45) is 5.73 Å². The predicted molar refractivity (Wildman–Crippen MR) is 190 cm³/mol. The first kappa shape index (κ1) is 34.4. The largest absolute Gasteiger partial charge is 0.382 e. The van der Waals surface area contributed by atoms with E-state index in [1.165, 1.54) is 42.6 Å². The zero-order chi connectivity index (χ0) is 36.7. The lowest BCUT2D eigenvalue weighted by molar-refractivity contribution is 0.421. The van der Waals surface area contributed by atoms with Crippen molar-refractivity contribution in [2.75, 3.05) is 0 Å². The Hall–Kier alpha value is -7.01. The fraction of sp³-hybridized carbons (Fsp3) is 0.0556. The topological polar surface area (TPSA) is 196 Å². The van der Waals surface area contributed by atoms with Crippen molar-refractivity contribution in [3.63, 3.8) is 0 Å². The molecule has 0 spiro atoms. The summed E-state index contributed by atoms with van der Waals surface area (Å²) < 4.78 is 40.9. The number of nitrogen functional groups attached to an aromatic ring is 1. The summed E-state index contributed by atoms with van der Waals surface area (Å²) in [5, 5.41) is 24.7. The minimum atomic E-state index is -0.335. The van der Waals surface area contributed by atoms with Gasteiger partial charge in [0, 0.05) is 35.7 Å². The Morgan fingerprint density at radius 2 is 1.38 bits per heavy atom. The molecule has 6 heterocycles. The summed E-state index contributed by atoms with van der Waals surface area (Å²) in [4.78, 5) is 24.4. The molecule has 17 heteroatoms. The smallest absolute Gasteiger partial charge is 0.265 e. The van der Waals surface area contributed by atoms with E-state index >= 15 is 0 Å². The third kappa shape index (κ3) is 7.99. The molecule has 0 aliphatic carbocycles. The highest BCUT2D eigenvalue weighted by Crippen LogP contribution is 2.26. The van der Waals surface area contributed by atoms with Gasteiger partial charge in [-0.2, -0.15) is 10.2 Å². The van der Waals surface area contributed by atoms with Crippen LogP contribution in [0.3, 0.4) is 0 Å². The second-order valence-corrected chi connectivity index (χ2v) is 12.3. The first-order valence-electron chi connectivity index (χ1n) is 15.8. The number of H-pyrrole nitrogens is 1. The van der Waals surface area contributed by atoms with E-state index in [-0.39, 0.29) is 41.9 Å². The average Bonchev–Trinajstić information content (AvgIpc) is 4.00. The number of aromatic nitrogens is 9. The lowest BCUT2D eigenvalue weighted by Gasteiger charge is -2.06. The summed E-state index contributed by atoms with van der Waals surface area (Å²) in [6.07, 6.45) is 6.02. The molecule has 264 valence electrons. The monoisotopic (exact) mass is 731 g/mol. The van der Waals surface area contributed by atoms with E-state index in [9.17, 15) is 13.6 Å². The highest BCUT2D eigenvalue weighted by molar-refractivity contribution is 7.99. The SMILES string of the molecule is N=C(N)c1cc(-c2ccon2)n(Cc2ccccc2F)n1.O=c1[nH]c(-c2cc(-c3ccon3)n(Cc3ccccc3F)n2)ncc1Sc1ccccn1. The zero-order valence-corrected chi connectivity index (χ0v) is 28.2. The number of nitrogens with two attached hydrogens (primary N) is 1. The Labute approximate surface area is 302 Å². The van der Waals surface area contributed by atoms with Crippen LogP contribution in [-0.4, -0.2) is 50.7 Å². The van der Waals surface area contributed by atoms with Crippen LogP contribution in [0.5, 0.6) is 0 Å². The second kappa shape index (κ2) is 15.5. The molecular formula is C36H27F2N11O3S. The Kier molecular flexibility index (Phi) is 10.1. The molecule has 0 aliphatic heterocycles. The molecule has 2 aromatic carbocycles. The van der Waals surface area contributed by atoms with E-state index in [4.69, 9.17) is 20.2 Å². The second-order valence-electron chi connectivity index (χ2n) is 11.2. The van der Waals surface area contributed by atoms with Crippen LogP contribution in [0.1, 0.15) is 16.8 Å². The molecule has 0 radical (unpaired) electrons. The molecule has 0 fully saturated rings. The van der Waals surface area contributed by atoms with Gasteiger partial charge in [-0.1, -0.05) is 64.5 Å². The van der Waals surface area contributed by atoms with Crippen molar-refractivity contribution in [3.05, 3.63) is 155 Å². The number of halogens is 2. The number of benzene rings is 2. The maximum absolute atomic E-state index is 14.2. The Balaban J connectivity index is 0.000000179. The molecule has 0 bridgehead atoms. The molecule has 0 amide bonds. The molecule has 0 aliphatic rings. The molecule has 0 unspecified atom stereocenters. The molecule has 14 nitrogen and oxygen atoms in total.